The number of hydrogen-bond acceptors (Lipinski definition) is 5. The second kappa shape index (κ2) is 8.60. The maximum absolute atomic E-state index is 12.1. The molecule has 0 aromatic heterocycles. The lowest BCUT2D eigenvalue weighted by Gasteiger charge is -2.14. The smallest absolute Gasteiger partial charge is 0.331 e. The van der Waals surface area contributed by atoms with E-state index in [2.05, 4.69) is 5.32 Å². The van der Waals surface area contributed by atoms with Gasteiger partial charge in [-0.05, 0) is 31.5 Å². The summed E-state index contributed by atoms with van der Waals surface area (Å²) in [7, 11) is -0.752. The van der Waals surface area contributed by atoms with Crippen molar-refractivity contribution in [2.45, 2.75) is 31.3 Å². The molecule has 0 saturated heterocycles. The van der Waals surface area contributed by atoms with Gasteiger partial charge in [0.2, 0.25) is 10.0 Å². The molecule has 1 rings (SSSR count). The van der Waals surface area contributed by atoms with Crippen molar-refractivity contribution < 1.29 is 22.7 Å². The fourth-order valence-electron chi connectivity index (χ4n) is 1.67. The molecule has 24 heavy (non-hydrogen) atoms. The summed E-state index contributed by atoms with van der Waals surface area (Å²) < 4.78 is 30.2. The first-order chi connectivity index (χ1) is 11.2. The van der Waals surface area contributed by atoms with Crippen LogP contribution in [-0.4, -0.2) is 44.8 Å². The van der Waals surface area contributed by atoms with Gasteiger partial charge in [-0.1, -0.05) is 19.1 Å². The molecule has 1 atom stereocenters. The minimum atomic E-state index is -3.60. The monoisotopic (exact) mass is 354 g/mol. The van der Waals surface area contributed by atoms with Crippen LogP contribution in [0.2, 0.25) is 0 Å². The molecular formula is C16H22N2O5S. The Balaban J connectivity index is 2.81. The van der Waals surface area contributed by atoms with Crippen LogP contribution in [0.1, 0.15) is 20.3 Å². The average molecular weight is 354 g/mol. The van der Waals surface area contributed by atoms with Crippen molar-refractivity contribution in [1.29, 1.82) is 0 Å². The van der Waals surface area contributed by atoms with E-state index in [0.29, 0.717) is 12.1 Å². The molecule has 0 spiro atoms. The van der Waals surface area contributed by atoms with Crippen LogP contribution in [0.15, 0.2) is 41.3 Å². The molecule has 1 aromatic carbocycles. The zero-order chi connectivity index (χ0) is 18.3. The number of hydrogen-bond donors (Lipinski definition) is 1. The minimum Gasteiger partial charge on any atom is -0.449 e. The van der Waals surface area contributed by atoms with E-state index in [-0.39, 0.29) is 4.90 Å². The predicted molar refractivity (Wildman–Crippen MR) is 90.9 cm³/mol. The summed E-state index contributed by atoms with van der Waals surface area (Å²) in [6.45, 7) is 3.31. The number of allylic oxidation sites excluding steroid dienone is 1. The molecule has 0 aliphatic heterocycles. The second-order valence-corrected chi connectivity index (χ2v) is 7.35. The Labute approximate surface area is 142 Å². The van der Waals surface area contributed by atoms with Gasteiger partial charge in [0.05, 0.1) is 4.90 Å². The number of anilines is 1. The summed E-state index contributed by atoms with van der Waals surface area (Å²) in [5, 5.41) is 2.53. The van der Waals surface area contributed by atoms with Gasteiger partial charge in [-0.15, -0.1) is 0 Å². The van der Waals surface area contributed by atoms with E-state index in [1.165, 1.54) is 45.3 Å². The molecule has 8 heteroatoms. The molecule has 0 saturated carbocycles. The third-order valence-corrected chi connectivity index (χ3v) is 4.84. The Morgan fingerprint density at radius 3 is 2.58 bits per heavy atom. The average Bonchev–Trinajstić information content (AvgIpc) is 2.52. The predicted octanol–water partition coefficient (Wildman–Crippen LogP) is 1.77. The van der Waals surface area contributed by atoms with E-state index in [1.54, 1.807) is 12.1 Å². The summed E-state index contributed by atoms with van der Waals surface area (Å²) >= 11 is 0. The van der Waals surface area contributed by atoms with E-state index < -0.39 is 28.0 Å². The summed E-state index contributed by atoms with van der Waals surface area (Å²) in [4.78, 5) is 23.6. The maximum Gasteiger partial charge on any atom is 0.331 e. The molecule has 0 heterocycles. The highest BCUT2D eigenvalue weighted by Crippen LogP contribution is 2.18. The van der Waals surface area contributed by atoms with E-state index >= 15 is 0 Å². The van der Waals surface area contributed by atoms with Crippen molar-refractivity contribution in [1.82, 2.24) is 4.31 Å². The van der Waals surface area contributed by atoms with Crippen molar-refractivity contribution in [2.75, 3.05) is 19.4 Å². The zero-order valence-corrected chi connectivity index (χ0v) is 15.0. The molecule has 1 aromatic rings. The molecule has 1 amide bonds. The Morgan fingerprint density at radius 2 is 2.00 bits per heavy atom. The number of benzene rings is 1. The molecule has 0 aliphatic rings. The maximum atomic E-state index is 12.1. The number of sulfonamides is 1. The van der Waals surface area contributed by atoms with Gasteiger partial charge in [0.25, 0.3) is 5.91 Å². The first-order valence-corrected chi connectivity index (χ1v) is 8.83. The number of esters is 1. The molecule has 0 unspecified atom stereocenters. The molecule has 0 fully saturated rings. The van der Waals surface area contributed by atoms with Crippen LogP contribution in [0.3, 0.4) is 0 Å². The van der Waals surface area contributed by atoms with Gasteiger partial charge in [-0.2, -0.15) is 0 Å². The number of ether oxygens (including phenoxy) is 1. The highest BCUT2D eigenvalue weighted by atomic mass is 32.2. The van der Waals surface area contributed by atoms with E-state index in [4.69, 9.17) is 4.74 Å². The molecule has 132 valence electrons. The van der Waals surface area contributed by atoms with Gasteiger partial charge >= 0.3 is 5.97 Å². The number of carbonyl (C=O) groups excluding carboxylic acids is 2. The largest absolute Gasteiger partial charge is 0.449 e. The lowest BCUT2D eigenvalue weighted by atomic mass is 10.3. The van der Waals surface area contributed by atoms with Gasteiger partial charge in [-0.3, -0.25) is 4.79 Å². The molecule has 0 bridgehead atoms. The topological polar surface area (TPSA) is 92.8 Å². The Bertz CT molecular complexity index is 726. The van der Waals surface area contributed by atoms with Gasteiger partial charge < -0.3 is 10.1 Å². The number of nitrogens with one attached hydrogen (secondary N) is 1. The van der Waals surface area contributed by atoms with Crippen LogP contribution in [-0.2, 0) is 24.3 Å². The van der Waals surface area contributed by atoms with E-state index in [1.807, 2.05) is 6.92 Å². The standard InChI is InChI=1S/C16H22N2O5S/c1-5-6-10-15(19)23-12(2)16(20)17-13-8-7-9-14(11-13)24(21,22)18(3)4/h6-12H,5H2,1-4H3,(H,17,20)/b10-6+/t12-/m1/s1. The summed E-state index contributed by atoms with van der Waals surface area (Å²) in [5.74, 6) is -1.16. The highest BCUT2D eigenvalue weighted by molar-refractivity contribution is 7.89. The Kier molecular flexibility index (Phi) is 7.12. The molecule has 0 radical (unpaired) electrons. The Morgan fingerprint density at radius 1 is 1.33 bits per heavy atom. The van der Waals surface area contributed by atoms with Crippen LogP contribution in [0.4, 0.5) is 5.69 Å². The number of nitrogens with zero attached hydrogens (tertiary/aromatic N) is 1. The first kappa shape index (κ1) is 19.9. The van der Waals surface area contributed by atoms with Gasteiger partial charge in [-0.25, -0.2) is 17.5 Å². The SMILES string of the molecule is CC/C=C/C(=O)O[C@H](C)C(=O)Nc1cccc(S(=O)(=O)N(C)C)c1. The van der Waals surface area contributed by atoms with Crippen LogP contribution < -0.4 is 5.32 Å². The van der Waals surface area contributed by atoms with E-state index in [0.717, 1.165) is 4.31 Å². The van der Waals surface area contributed by atoms with Crippen molar-refractivity contribution in [2.24, 2.45) is 0 Å². The van der Waals surface area contributed by atoms with Gasteiger partial charge in [0.1, 0.15) is 0 Å². The van der Waals surface area contributed by atoms with Crippen molar-refractivity contribution in [3.8, 4) is 0 Å². The second-order valence-electron chi connectivity index (χ2n) is 5.19. The molecular weight excluding hydrogens is 332 g/mol. The summed E-state index contributed by atoms with van der Waals surface area (Å²) in [5.41, 5.74) is 0.301. The zero-order valence-electron chi connectivity index (χ0n) is 14.1. The highest BCUT2D eigenvalue weighted by Gasteiger charge is 2.20. The third-order valence-electron chi connectivity index (χ3n) is 3.03. The van der Waals surface area contributed by atoms with Crippen LogP contribution in [0.25, 0.3) is 0 Å². The number of carbonyl (C=O) groups is 2. The first-order valence-electron chi connectivity index (χ1n) is 7.39. The molecule has 7 nitrogen and oxygen atoms in total. The fourth-order valence-corrected chi connectivity index (χ4v) is 2.62. The van der Waals surface area contributed by atoms with Crippen molar-refractivity contribution in [3.05, 3.63) is 36.4 Å². The van der Waals surface area contributed by atoms with Crippen LogP contribution in [0, 0.1) is 0 Å². The Hall–Kier alpha value is -2.19. The van der Waals surface area contributed by atoms with Crippen LogP contribution >= 0.6 is 0 Å². The number of amides is 1. The lowest BCUT2D eigenvalue weighted by Crippen LogP contribution is -2.29. The van der Waals surface area contributed by atoms with Crippen molar-refractivity contribution >= 4 is 27.6 Å². The van der Waals surface area contributed by atoms with Gasteiger partial charge in [0.15, 0.2) is 6.10 Å². The van der Waals surface area contributed by atoms with Crippen molar-refractivity contribution in [3.63, 3.8) is 0 Å². The third kappa shape index (κ3) is 5.47. The summed E-state index contributed by atoms with van der Waals surface area (Å²) in [6, 6.07) is 5.85. The minimum absolute atomic E-state index is 0.0563. The fraction of sp³-hybridized carbons (Fsp3) is 0.375. The quantitative estimate of drug-likeness (QED) is 0.595. The normalized spacial score (nSPS) is 13.0. The molecule has 0 aliphatic carbocycles. The van der Waals surface area contributed by atoms with Gasteiger partial charge in [0, 0.05) is 25.9 Å². The lowest BCUT2D eigenvalue weighted by molar-refractivity contribution is -0.148. The summed E-state index contributed by atoms with van der Waals surface area (Å²) in [6.07, 6.45) is 2.56. The van der Waals surface area contributed by atoms with Crippen LogP contribution in [0.5, 0.6) is 0 Å². The molecule has 1 N–H and O–H groups in total. The number of rotatable bonds is 7. The van der Waals surface area contributed by atoms with E-state index in [9.17, 15) is 18.0 Å².